The highest BCUT2D eigenvalue weighted by molar-refractivity contribution is 5.90. The van der Waals surface area contributed by atoms with E-state index >= 15 is 0 Å². The second-order valence-corrected chi connectivity index (χ2v) is 5.08. The van der Waals surface area contributed by atoms with E-state index < -0.39 is 11.8 Å². The van der Waals surface area contributed by atoms with Gasteiger partial charge in [-0.15, -0.1) is 0 Å². The molecule has 0 heterocycles. The second kappa shape index (κ2) is 8.36. The lowest BCUT2D eigenvalue weighted by Crippen LogP contribution is -2.35. The maximum Gasteiger partial charge on any atom is 0.304 e. The average molecular weight is 296 g/mol. The lowest BCUT2D eigenvalue weighted by atomic mass is 10.2. The molecule has 0 bridgehead atoms. The molecule has 1 amide bonds. The highest BCUT2D eigenvalue weighted by Crippen LogP contribution is 2.10. The van der Waals surface area contributed by atoms with Crippen molar-refractivity contribution in [3.63, 3.8) is 0 Å². The molecule has 0 atom stereocenters. The topological polar surface area (TPSA) is 69.6 Å². The average Bonchev–Trinajstić information content (AvgIpc) is 2.37. The van der Waals surface area contributed by atoms with Crippen LogP contribution in [0.3, 0.4) is 0 Å². The fraction of sp³-hybridized carbons (Fsp3) is 0.467. The van der Waals surface area contributed by atoms with Gasteiger partial charge in [0.1, 0.15) is 5.82 Å². The molecule has 0 unspecified atom stereocenters. The largest absolute Gasteiger partial charge is 0.481 e. The molecule has 0 aromatic heterocycles. The standard InChI is InChI=1S/C15H21FN2O3/c1-11(2)18(9-7-15(20)21)8-6-14(19)17-13-5-3-4-12(16)10-13/h3-5,10-11H,6-9H2,1-2H3,(H,17,19)(H,20,21). The molecule has 2 N–H and O–H groups in total. The van der Waals surface area contributed by atoms with Crippen LogP contribution in [0.25, 0.3) is 0 Å². The van der Waals surface area contributed by atoms with Crippen molar-refractivity contribution in [3.05, 3.63) is 30.1 Å². The van der Waals surface area contributed by atoms with Gasteiger partial charge in [-0.25, -0.2) is 4.39 Å². The quantitative estimate of drug-likeness (QED) is 0.772. The Morgan fingerprint density at radius 3 is 2.52 bits per heavy atom. The first kappa shape index (κ1) is 17.1. The van der Waals surface area contributed by atoms with E-state index in [-0.39, 0.29) is 24.8 Å². The number of nitrogens with one attached hydrogen (secondary N) is 1. The predicted molar refractivity (Wildman–Crippen MR) is 78.6 cm³/mol. The SMILES string of the molecule is CC(C)N(CCC(=O)O)CCC(=O)Nc1cccc(F)c1. The Morgan fingerprint density at radius 1 is 1.29 bits per heavy atom. The summed E-state index contributed by atoms with van der Waals surface area (Å²) in [5.74, 6) is -1.48. The number of hydrogen-bond acceptors (Lipinski definition) is 3. The van der Waals surface area contributed by atoms with Crippen LogP contribution in [0.1, 0.15) is 26.7 Å². The Hall–Kier alpha value is -1.95. The second-order valence-electron chi connectivity index (χ2n) is 5.08. The number of carboxylic acids is 1. The normalized spacial score (nSPS) is 10.9. The van der Waals surface area contributed by atoms with Crippen LogP contribution in [0.5, 0.6) is 0 Å². The van der Waals surface area contributed by atoms with Crippen molar-refractivity contribution in [1.82, 2.24) is 4.90 Å². The van der Waals surface area contributed by atoms with E-state index in [1.807, 2.05) is 18.7 Å². The predicted octanol–water partition coefficient (Wildman–Crippen LogP) is 2.34. The number of anilines is 1. The van der Waals surface area contributed by atoms with Gasteiger partial charge in [-0.05, 0) is 32.0 Å². The number of aliphatic carboxylic acids is 1. The van der Waals surface area contributed by atoms with E-state index in [0.29, 0.717) is 18.8 Å². The smallest absolute Gasteiger partial charge is 0.304 e. The summed E-state index contributed by atoms with van der Waals surface area (Å²) < 4.78 is 13.0. The van der Waals surface area contributed by atoms with Crippen molar-refractivity contribution in [2.75, 3.05) is 18.4 Å². The molecular weight excluding hydrogens is 275 g/mol. The van der Waals surface area contributed by atoms with E-state index in [9.17, 15) is 14.0 Å². The van der Waals surface area contributed by atoms with Crippen LogP contribution in [0.4, 0.5) is 10.1 Å². The molecule has 1 aromatic carbocycles. The third-order valence-electron chi connectivity index (χ3n) is 3.08. The molecule has 6 heteroatoms. The van der Waals surface area contributed by atoms with Gasteiger partial charge >= 0.3 is 5.97 Å². The first-order valence-electron chi connectivity index (χ1n) is 6.89. The van der Waals surface area contributed by atoms with Crippen LogP contribution >= 0.6 is 0 Å². The van der Waals surface area contributed by atoms with E-state index in [1.165, 1.54) is 18.2 Å². The van der Waals surface area contributed by atoms with Crippen molar-refractivity contribution in [1.29, 1.82) is 0 Å². The number of amides is 1. The van der Waals surface area contributed by atoms with Gasteiger partial charge in [-0.3, -0.25) is 14.5 Å². The summed E-state index contributed by atoms with van der Waals surface area (Å²) in [5, 5.41) is 11.3. The zero-order chi connectivity index (χ0) is 15.8. The number of carbonyl (C=O) groups is 2. The summed E-state index contributed by atoms with van der Waals surface area (Å²) in [7, 11) is 0. The minimum atomic E-state index is -0.857. The maximum absolute atomic E-state index is 13.0. The van der Waals surface area contributed by atoms with Gasteiger partial charge in [-0.2, -0.15) is 0 Å². The molecule has 116 valence electrons. The number of benzene rings is 1. The highest BCUT2D eigenvalue weighted by atomic mass is 19.1. The molecule has 0 saturated heterocycles. The molecule has 21 heavy (non-hydrogen) atoms. The lowest BCUT2D eigenvalue weighted by molar-refractivity contribution is -0.137. The Morgan fingerprint density at radius 2 is 1.95 bits per heavy atom. The van der Waals surface area contributed by atoms with Crippen molar-refractivity contribution in [2.24, 2.45) is 0 Å². The van der Waals surface area contributed by atoms with Crippen LogP contribution in [-0.2, 0) is 9.59 Å². The molecular formula is C15H21FN2O3. The third-order valence-corrected chi connectivity index (χ3v) is 3.08. The number of halogens is 1. The third kappa shape index (κ3) is 6.85. The van der Waals surface area contributed by atoms with Gasteiger partial charge in [0.2, 0.25) is 5.91 Å². The molecule has 0 aliphatic heterocycles. The summed E-state index contributed by atoms with van der Waals surface area (Å²) in [6, 6.07) is 5.86. The van der Waals surface area contributed by atoms with Gasteiger partial charge < -0.3 is 10.4 Å². The summed E-state index contributed by atoms with van der Waals surface area (Å²) in [6.07, 6.45) is 0.276. The summed E-state index contributed by atoms with van der Waals surface area (Å²) in [6.45, 7) is 4.77. The number of hydrogen-bond donors (Lipinski definition) is 2. The molecule has 1 rings (SSSR count). The number of nitrogens with zero attached hydrogens (tertiary/aromatic N) is 1. The minimum absolute atomic E-state index is 0.0453. The van der Waals surface area contributed by atoms with Crippen LogP contribution < -0.4 is 5.32 Å². The van der Waals surface area contributed by atoms with Crippen LogP contribution in [0, 0.1) is 5.82 Å². The fourth-order valence-electron chi connectivity index (χ4n) is 1.90. The Balaban J connectivity index is 2.44. The first-order valence-corrected chi connectivity index (χ1v) is 6.89. The summed E-state index contributed by atoms with van der Waals surface area (Å²) in [4.78, 5) is 24.3. The maximum atomic E-state index is 13.0. The molecule has 0 fully saturated rings. The van der Waals surface area contributed by atoms with E-state index in [2.05, 4.69) is 5.32 Å². The molecule has 1 aromatic rings. The summed E-state index contributed by atoms with van der Waals surface area (Å²) in [5.41, 5.74) is 0.418. The first-order chi connectivity index (χ1) is 9.88. The van der Waals surface area contributed by atoms with E-state index in [1.54, 1.807) is 6.07 Å². The molecule has 0 spiro atoms. The molecule has 0 saturated carbocycles. The van der Waals surface area contributed by atoms with Gasteiger partial charge in [-0.1, -0.05) is 6.07 Å². The van der Waals surface area contributed by atoms with Gasteiger partial charge in [0.05, 0.1) is 6.42 Å². The van der Waals surface area contributed by atoms with Gasteiger partial charge in [0.15, 0.2) is 0 Å². The van der Waals surface area contributed by atoms with Crippen LogP contribution in [0.2, 0.25) is 0 Å². The molecule has 5 nitrogen and oxygen atoms in total. The van der Waals surface area contributed by atoms with Crippen LogP contribution in [0.15, 0.2) is 24.3 Å². The monoisotopic (exact) mass is 296 g/mol. The Bertz CT molecular complexity index is 492. The zero-order valence-electron chi connectivity index (χ0n) is 12.3. The minimum Gasteiger partial charge on any atom is -0.481 e. The van der Waals surface area contributed by atoms with Crippen molar-refractivity contribution in [3.8, 4) is 0 Å². The van der Waals surface area contributed by atoms with Crippen molar-refractivity contribution >= 4 is 17.6 Å². The van der Waals surface area contributed by atoms with Crippen LogP contribution in [-0.4, -0.2) is 41.0 Å². The van der Waals surface area contributed by atoms with Gasteiger partial charge in [0.25, 0.3) is 0 Å². The summed E-state index contributed by atoms with van der Waals surface area (Å²) >= 11 is 0. The number of carbonyl (C=O) groups excluding carboxylic acids is 1. The lowest BCUT2D eigenvalue weighted by Gasteiger charge is -2.25. The highest BCUT2D eigenvalue weighted by Gasteiger charge is 2.13. The van der Waals surface area contributed by atoms with E-state index in [4.69, 9.17) is 5.11 Å². The molecule has 0 aliphatic carbocycles. The Kier molecular flexibility index (Phi) is 6.81. The van der Waals surface area contributed by atoms with Crippen molar-refractivity contribution < 1.29 is 19.1 Å². The number of carboxylic acid groups (broad SMARTS) is 1. The Labute approximate surface area is 123 Å². The fourth-order valence-corrected chi connectivity index (χ4v) is 1.90. The van der Waals surface area contributed by atoms with Gasteiger partial charge in [0, 0.05) is 31.2 Å². The number of rotatable bonds is 8. The zero-order valence-corrected chi connectivity index (χ0v) is 12.3. The van der Waals surface area contributed by atoms with E-state index in [0.717, 1.165) is 0 Å². The van der Waals surface area contributed by atoms with Crippen molar-refractivity contribution in [2.45, 2.75) is 32.7 Å². The molecule has 0 aliphatic rings. The molecule has 0 radical (unpaired) electrons.